The van der Waals surface area contributed by atoms with Crippen molar-refractivity contribution in [3.63, 3.8) is 0 Å². The Morgan fingerprint density at radius 3 is 2.12 bits per heavy atom. The van der Waals surface area contributed by atoms with Gasteiger partial charge in [-0.25, -0.2) is 0 Å². The number of nitrogens with two attached hydrogens (primary N) is 1. The van der Waals surface area contributed by atoms with Crippen molar-refractivity contribution in [1.29, 1.82) is 0 Å². The molecular formula is C37H46ClN9O3. The van der Waals surface area contributed by atoms with Gasteiger partial charge < -0.3 is 26.6 Å². The van der Waals surface area contributed by atoms with Crippen LogP contribution < -0.4 is 21.7 Å². The highest BCUT2D eigenvalue weighted by atomic mass is 35.5. The standard InChI is InChI=1S/C37H45N9O3.ClH/c38-24-26-5-9-31(10-6-26)36(48)41-33(37(49)40-32-17-15-29(16-18-32)34-42-44-45-43-34)23-25-3-7-27(8-4-25)28-11-13-30(14-12-28)35(47)39-19-22-46-20-1-2-21-46;/h3-4,7-8,11-18,26,31,33H,1-2,5-6,9-10,19-24,38H2,(H,39,47)(H,40,49)(H,41,48)(H,42,43,44,45);1H/t26?,31?,33-;/m0./s1. The van der Waals surface area contributed by atoms with Crippen LogP contribution in [0.25, 0.3) is 22.5 Å². The number of amides is 3. The zero-order chi connectivity index (χ0) is 34.0. The largest absolute Gasteiger partial charge is 0.351 e. The average molecular weight is 700 g/mol. The molecule has 1 aliphatic carbocycles. The van der Waals surface area contributed by atoms with Crippen molar-refractivity contribution in [2.24, 2.45) is 17.6 Å². The van der Waals surface area contributed by atoms with Crippen LogP contribution in [0.3, 0.4) is 0 Å². The minimum atomic E-state index is -0.772. The van der Waals surface area contributed by atoms with E-state index >= 15 is 0 Å². The fourth-order valence-corrected chi connectivity index (χ4v) is 6.69. The Kier molecular flexibility index (Phi) is 13.1. The van der Waals surface area contributed by atoms with E-state index < -0.39 is 6.04 Å². The van der Waals surface area contributed by atoms with E-state index in [1.54, 1.807) is 24.3 Å². The van der Waals surface area contributed by atoms with Crippen molar-refractivity contribution in [3.8, 4) is 22.5 Å². The molecule has 0 unspecified atom stereocenters. The highest BCUT2D eigenvalue weighted by Gasteiger charge is 2.29. The van der Waals surface area contributed by atoms with Gasteiger partial charge in [0.2, 0.25) is 17.6 Å². The van der Waals surface area contributed by atoms with Gasteiger partial charge in [-0.1, -0.05) is 36.4 Å². The van der Waals surface area contributed by atoms with Gasteiger partial charge in [-0.3, -0.25) is 14.4 Å². The molecule has 2 aliphatic rings. The SMILES string of the molecule is Cl.NCC1CCC(C(=O)N[C@@H](Cc2ccc(-c3ccc(C(=O)NCCN4CCCC4)cc3)cc2)C(=O)Nc2ccc(-c3nn[nH]n3)cc2)CC1. The summed E-state index contributed by atoms with van der Waals surface area (Å²) in [6, 6.07) is 21.9. The molecule has 1 atom stereocenters. The van der Waals surface area contributed by atoms with Gasteiger partial charge in [0.25, 0.3) is 5.91 Å². The molecule has 2 heterocycles. The van der Waals surface area contributed by atoms with Crippen molar-refractivity contribution in [2.75, 3.05) is 38.0 Å². The summed E-state index contributed by atoms with van der Waals surface area (Å²) in [5.41, 5.74) is 10.7. The molecule has 2 fully saturated rings. The van der Waals surface area contributed by atoms with Crippen LogP contribution in [-0.4, -0.2) is 82.0 Å². The number of carbonyl (C=O) groups excluding carboxylic acids is 3. The number of carbonyl (C=O) groups is 3. The molecule has 1 saturated carbocycles. The van der Waals surface area contributed by atoms with E-state index in [0.29, 0.717) is 42.5 Å². The Hall–Kier alpha value is -4.65. The zero-order valence-corrected chi connectivity index (χ0v) is 29.0. The number of halogens is 1. The minimum absolute atomic E-state index is 0. The van der Waals surface area contributed by atoms with Crippen LogP contribution in [0.2, 0.25) is 0 Å². The van der Waals surface area contributed by atoms with Crippen molar-refractivity contribution in [1.82, 2.24) is 36.2 Å². The molecule has 4 aromatic rings. The molecular weight excluding hydrogens is 654 g/mol. The quantitative estimate of drug-likeness (QED) is 0.138. The number of tetrazole rings is 1. The fraction of sp³-hybridized carbons (Fsp3) is 0.405. The third-order valence-electron chi connectivity index (χ3n) is 9.73. The molecule has 0 bridgehead atoms. The maximum absolute atomic E-state index is 13.6. The van der Waals surface area contributed by atoms with Crippen molar-refractivity contribution in [2.45, 2.75) is 51.0 Å². The Bertz CT molecular complexity index is 1670. The number of aromatic nitrogens is 4. The molecule has 50 heavy (non-hydrogen) atoms. The second-order valence-corrected chi connectivity index (χ2v) is 13.1. The number of H-pyrrole nitrogens is 1. The maximum atomic E-state index is 13.6. The molecule has 13 heteroatoms. The Balaban J connectivity index is 0.00000486. The molecule has 1 aliphatic heterocycles. The molecule has 1 aromatic heterocycles. The van der Waals surface area contributed by atoms with E-state index in [4.69, 9.17) is 5.73 Å². The first-order chi connectivity index (χ1) is 23.9. The van der Waals surface area contributed by atoms with Gasteiger partial charge in [0.05, 0.1) is 0 Å². The van der Waals surface area contributed by atoms with Gasteiger partial charge in [-0.05, 0) is 122 Å². The summed E-state index contributed by atoms with van der Waals surface area (Å²) in [5, 5.41) is 23.1. The second kappa shape index (κ2) is 17.8. The number of rotatable bonds is 13. The topological polar surface area (TPSA) is 171 Å². The van der Waals surface area contributed by atoms with Crippen LogP contribution in [0.5, 0.6) is 0 Å². The van der Waals surface area contributed by atoms with Crippen molar-refractivity contribution in [3.05, 3.63) is 83.9 Å². The number of hydrogen-bond acceptors (Lipinski definition) is 8. The highest BCUT2D eigenvalue weighted by molar-refractivity contribution is 5.98. The number of hydrogen-bond donors (Lipinski definition) is 5. The van der Waals surface area contributed by atoms with Crippen molar-refractivity contribution < 1.29 is 14.4 Å². The van der Waals surface area contributed by atoms with Crippen LogP contribution in [0.15, 0.2) is 72.8 Å². The van der Waals surface area contributed by atoms with E-state index in [-0.39, 0.29) is 36.0 Å². The van der Waals surface area contributed by atoms with Gasteiger partial charge in [-0.2, -0.15) is 5.21 Å². The molecule has 0 spiro atoms. The molecule has 3 aromatic carbocycles. The van der Waals surface area contributed by atoms with E-state index in [1.165, 1.54) is 12.8 Å². The first-order valence-corrected chi connectivity index (χ1v) is 17.3. The predicted octanol–water partition coefficient (Wildman–Crippen LogP) is 4.21. The zero-order valence-electron chi connectivity index (χ0n) is 28.1. The number of aromatic amines is 1. The summed E-state index contributed by atoms with van der Waals surface area (Å²) in [4.78, 5) is 42.0. The Labute approximate surface area is 298 Å². The van der Waals surface area contributed by atoms with Gasteiger partial charge in [-0.15, -0.1) is 22.6 Å². The monoisotopic (exact) mass is 699 g/mol. The average Bonchev–Trinajstić information content (AvgIpc) is 3.88. The second-order valence-electron chi connectivity index (χ2n) is 13.1. The third-order valence-corrected chi connectivity index (χ3v) is 9.73. The first kappa shape index (κ1) is 36.6. The van der Waals surface area contributed by atoms with E-state index in [9.17, 15) is 14.4 Å². The van der Waals surface area contributed by atoms with Crippen LogP contribution in [0.1, 0.15) is 54.4 Å². The number of nitrogens with one attached hydrogen (secondary N) is 4. The van der Waals surface area contributed by atoms with E-state index in [0.717, 1.165) is 67.6 Å². The smallest absolute Gasteiger partial charge is 0.251 e. The maximum Gasteiger partial charge on any atom is 0.251 e. The van der Waals surface area contributed by atoms with Gasteiger partial charge >= 0.3 is 0 Å². The van der Waals surface area contributed by atoms with Crippen LogP contribution in [0.4, 0.5) is 5.69 Å². The molecule has 264 valence electrons. The Morgan fingerprint density at radius 1 is 0.860 bits per heavy atom. The predicted molar refractivity (Wildman–Crippen MR) is 196 cm³/mol. The third kappa shape index (κ3) is 9.74. The van der Waals surface area contributed by atoms with Crippen molar-refractivity contribution >= 4 is 35.8 Å². The summed E-state index contributed by atoms with van der Waals surface area (Å²) < 4.78 is 0. The first-order valence-electron chi connectivity index (χ1n) is 17.3. The fourth-order valence-electron chi connectivity index (χ4n) is 6.69. The van der Waals surface area contributed by atoms with Crippen LogP contribution in [0, 0.1) is 11.8 Å². The lowest BCUT2D eigenvalue weighted by Gasteiger charge is -2.28. The number of anilines is 1. The summed E-state index contributed by atoms with van der Waals surface area (Å²) in [5.74, 6) is 0.317. The number of nitrogens with zero attached hydrogens (tertiary/aromatic N) is 4. The highest BCUT2D eigenvalue weighted by Crippen LogP contribution is 2.29. The Morgan fingerprint density at radius 2 is 1.50 bits per heavy atom. The summed E-state index contributed by atoms with van der Waals surface area (Å²) in [6.45, 7) is 4.39. The molecule has 6 rings (SSSR count). The minimum Gasteiger partial charge on any atom is -0.351 e. The van der Waals surface area contributed by atoms with Gasteiger partial charge in [0.1, 0.15) is 6.04 Å². The number of benzene rings is 3. The summed E-state index contributed by atoms with van der Waals surface area (Å²) >= 11 is 0. The summed E-state index contributed by atoms with van der Waals surface area (Å²) in [6.07, 6.45) is 6.18. The van der Waals surface area contributed by atoms with Gasteiger partial charge in [0.15, 0.2) is 0 Å². The lowest BCUT2D eigenvalue weighted by atomic mass is 9.81. The van der Waals surface area contributed by atoms with Crippen LogP contribution in [-0.2, 0) is 16.0 Å². The molecule has 1 saturated heterocycles. The van der Waals surface area contributed by atoms with E-state index in [2.05, 4.69) is 41.5 Å². The normalized spacial score (nSPS) is 18.1. The van der Waals surface area contributed by atoms with E-state index in [1.807, 2.05) is 48.5 Å². The molecule has 6 N–H and O–H groups in total. The lowest BCUT2D eigenvalue weighted by molar-refractivity contribution is -0.130. The van der Waals surface area contributed by atoms with Crippen LogP contribution >= 0.6 is 12.4 Å². The molecule has 3 amide bonds. The molecule has 12 nitrogen and oxygen atoms in total. The number of likely N-dealkylation sites (tertiary alicyclic amines) is 1. The summed E-state index contributed by atoms with van der Waals surface area (Å²) in [7, 11) is 0. The van der Waals surface area contributed by atoms with Gasteiger partial charge in [0, 0.05) is 42.2 Å². The molecule has 0 radical (unpaired) electrons. The lowest BCUT2D eigenvalue weighted by Crippen LogP contribution is -2.48.